The molecule has 0 aliphatic heterocycles. The third-order valence-electron chi connectivity index (χ3n) is 2.71. The van der Waals surface area contributed by atoms with Crippen molar-refractivity contribution in [3.05, 3.63) is 92.2 Å². The second-order valence-electron chi connectivity index (χ2n) is 4.68. The Bertz CT molecular complexity index is 863. The smallest absolute Gasteiger partial charge is 0.339 e. The third-order valence-corrected chi connectivity index (χ3v) is 2.71. The van der Waals surface area contributed by atoms with Gasteiger partial charge in [-0.15, -0.1) is 0 Å². The third kappa shape index (κ3) is 7.22. The monoisotopic (exact) mass is 375 g/mol. The van der Waals surface area contributed by atoms with E-state index in [0.717, 1.165) is 0 Å². The fourth-order valence-electron chi connectivity index (χ4n) is 1.67. The molecule has 27 heavy (non-hydrogen) atoms. The number of rotatable bonds is 6. The van der Waals surface area contributed by atoms with Gasteiger partial charge in [0, 0.05) is 0 Å². The standard InChI is InChI=1S/C14H14O4.C3H3N3O3/c1-3-9-17-13(15)11-7-5-6-8-12(11)14(16)18-10-4-2;7-1-4-2(8)6-3(9)5-1/h3-8H,1-2,9-10H2;(H3,4,5,6,7,8,9). The minimum atomic E-state index is -0.802. The largest absolute Gasteiger partial charge is 0.458 e. The van der Waals surface area contributed by atoms with Crippen LogP contribution in [0.15, 0.2) is 64.0 Å². The van der Waals surface area contributed by atoms with Crippen molar-refractivity contribution >= 4 is 11.9 Å². The van der Waals surface area contributed by atoms with Crippen molar-refractivity contribution in [2.45, 2.75) is 0 Å². The molecule has 0 atom stereocenters. The van der Waals surface area contributed by atoms with E-state index in [1.165, 1.54) is 24.3 Å². The van der Waals surface area contributed by atoms with Gasteiger partial charge in [0.25, 0.3) is 0 Å². The summed E-state index contributed by atoms with van der Waals surface area (Å²) >= 11 is 0. The number of hydrogen-bond acceptors (Lipinski definition) is 7. The Kier molecular flexibility index (Phi) is 8.45. The molecule has 0 aliphatic carbocycles. The van der Waals surface area contributed by atoms with Gasteiger partial charge in [-0.25, -0.2) is 24.0 Å². The van der Waals surface area contributed by atoms with Crippen molar-refractivity contribution in [2.75, 3.05) is 13.2 Å². The zero-order valence-corrected chi connectivity index (χ0v) is 14.2. The molecule has 0 bridgehead atoms. The van der Waals surface area contributed by atoms with E-state index in [4.69, 9.17) is 9.47 Å². The summed E-state index contributed by atoms with van der Waals surface area (Å²) in [4.78, 5) is 59.3. The lowest BCUT2D eigenvalue weighted by atomic mass is 10.1. The van der Waals surface area contributed by atoms with E-state index in [2.05, 4.69) is 13.2 Å². The first-order valence-corrected chi connectivity index (χ1v) is 7.47. The van der Waals surface area contributed by atoms with Crippen LogP contribution in [0.3, 0.4) is 0 Å². The van der Waals surface area contributed by atoms with Crippen LogP contribution in [0.2, 0.25) is 0 Å². The highest BCUT2D eigenvalue weighted by molar-refractivity contribution is 6.03. The minimum Gasteiger partial charge on any atom is -0.458 e. The molecule has 1 aromatic carbocycles. The SMILES string of the molecule is C=CCOC(=O)c1ccccc1C(=O)OCC=C.O=c1[nH]c(=O)[nH]c(=O)[nH]1. The van der Waals surface area contributed by atoms with E-state index in [9.17, 15) is 24.0 Å². The highest BCUT2D eigenvalue weighted by atomic mass is 16.5. The Hall–Kier alpha value is -3.95. The maximum absolute atomic E-state index is 11.7. The summed E-state index contributed by atoms with van der Waals surface area (Å²) in [5.74, 6) is -1.16. The molecule has 142 valence electrons. The molecule has 1 heterocycles. The summed E-state index contributed by atoms with van der Waals surface area (Å²) in [6.45, 7) is 7.07. The van der Waals surface area contributed by atoms with E-state index in [0.29, 0.717) is 0 Å². The van der Waals surface area contributed by atoms with Gasteiger partial charge < -0.3 is 9.47 Å². The number of carbonyl (C=O) groups excluding carboxylic acids is 2. The minimum absolute atomic E-state index is 0.0921. The number of carbonyl (C=O) groups is 2. The van der Waals surface area contributed by atoms with Gasteiger partial charge in [-0.1, -0.05) is 37.4 Å². The van der Waals surface area contributed by atoms with Crippen molar-refractivity contribution in [3.8, 4) is 0 Å². The first-order chi connectivity index (χ1) is 12.9. The van der Waals surface area contributed by atoms with Gasteiger partial charge in [-0.2, -0.15) is 0 Å². The number of nitrogens with one attached hydrogen (secondary N) is 3. The molecule has 0 radical (unpaired) electrons. The van der Waals surface area contributed by atoms with Gasteiger partial charge in [0.2, 0.25) is 0 Å². The van der Waals surface area contributed by atoms with Gasteiger partial charge in [0.15, 0.2) is 0 Å². The zero-order valence-electron chi connectivity index (χ0n) is 14.2. The van der Waals surface area contributed by atoms with Crippen LogP contribution >= 0.6 is 0 Å². The molecule has 10 nitrogen and oxygen atoms in total. The van der Waals surface area contributed by atoms with Crippen molar-refractivity contribution in [3.63, 3.8) is 0 Å². The maximum Gasteiger partial charge on any atom is 0.339 e. The zero-order chi connectivity index (χ0) is 20.2. The predicted octanol–water partition coefficient (Wildman–Crippen LogP) is 0.124. The van der Waals surface area contributed by atoms with Crippen molar-refractivity contribution in [1.29, 1.82) is 0 Å². The van der Waals surface area contributed by atoms with E-state index < -0.39 is 29.0 Å². The van der Waals surface area contributed by atoms with E-state index in [1.807, 2.05) is 0 Å². The van der Waals surface area contributed by atoms with Gasteiger partial charge in [-0.3, -0.25) is 15.0 Å². The Balaban J connectivity index is 0.000000337. The molecule has 0 saturated heterocycles. The van der Waals surface area contributed by atoms with Crippen molar-refractivity contribution < 1.29 is 19.1 Å². The summed E-state index contributed by atoms with van der Waals surface area (Å²) < 4.78 is 9.78. The topological polar surface area (TPSA) is 151 Å². The van der Waals surface area contributed by atoms with E-state index >= 15 is 0 Å². The highest BCUT2D eigenvalue weighted by Gasteiger charge is 2.18. The second kappa shape index (κ2) is 10.8. The number of benzene rings is 1. The van der Waals surface area contributed by atoms with Gasteiger partial charge in [-0.05, 0) is 12.1 Å². The first-order valence-electron chi connectivity index (χ1n) is 7.47. The van der Waals surface area contributed by atoms with Crippen molar-refractivity contribution in [1.82, 2.24) is 15.0 Å². The fraction of sp³-hybridized carbons (Fsp3) is 0.118. The van der Waals surface area contributed by atoms with Crippen LogP contribution in [0.25, 0.3) is 0 Å². The molecule has 10 heteroatoms. The Morgan fingerprint density at radius 2 is 1.11 bits per heavy atom. The van der Waals surface area contributed by atoms with Crippen molar-refractivity contribution in [2.24, 2.45) is 0 Å². The number of esters is 2. The van der Waals surface area contributed by atoms with Crippen LogP contribution in [-0.2, 0) is 9.47 Å². The number of hydrogen-bond donors (Lipinski definition) is 3. The summed E-state index contributed by atoms with van der Waals surface area (Å²) in [6.07, 6.45) is 2.91. The summed E-state index contributed by atoms with van der Waals surface area (Å²) in [5, 5.41) is 0. The quantitative estimate of drug-likeness (QED) is 0.479. The predicted molar refractivity (Wildman–Crippen MR) is 95.7 cm³/mol. The lowest BCUT2D eigenvalue weighted by molar-refractivity contribution is 0.0503. The summed E-state index contributed by atoms with van der Waals surface area (Å²) in [7, 11) is 0. The molecule has 3 N–H and O–H groups in total. The number of ether oxygens (including phenoxy) is 2. The lowest BCUT2D eigenvalue weighted by Crippen LogP contribution is -2.34. The van der Waals surface area contributed by atoms with Crippen LogP contribution in [0, 0.1) is 0 Å². The van der Waals surface area contributed by atoms with Crippen LogP contribution in [0.5, 0.6) is 0 Å². The molecule has 1 aromatic heterocycles. The van der Waals surface area contributed by atoms with Crippen LogP contribution in [-0.4, -0.2) is 40.1 Å². The molecular formula is C17H17N3O7. The van der Waals surface area contributed by atoms with Gasteiger partial charge in [0.05, 0.1) is 11.1 Å². The Morgan fingerprint density at radius 1 is 0.778 bits per heavy atom. The molecule has 0 spiro atoms. The molecule has 2 rings (SSSR count). The molecule has 0 saturated carbocycles. The Labute approximate surface area is 152 Å². The van der Waals surface area contributed by atoms with E-state index in [1.54, 1.807) is 27.1 Å². The highest BCUT2D eigenvalue weighted by Crippen LogP contribution is 2.12. The molecular weight excluding hydrogens is 358 g/mol. The van der Waals surface area contributed by atoms with Gasteiger partial charge in [0.1, 0.15) is 13.2 Å². The molecule has 0 unspecified atom stereocenters. The van der Waals surface area contributed by atoms with Crippen LogP contribution < -0.4 is 17.1 Å². The second-order valence-corrected chi connectivity index (χ2v) is 4.68. The van der Waals surface area contributed by atoms with Gasteiger partial charge >= 0.3 is 29.0 Å². The molecule has 0 amide bonds. The van der Waals surface area contributed by atoms with Crippen LogP contribution in [0.4, 0.5) is 0 Å². The lowest BCUT2D eigenvalue weighted by Gasteiger charge is -2.07. The molecule has 2 aromatic rings. The average Bonchev–Trinajstić information content (AvgIpc) is 2.63. The maximum atomic E-state index is 11.7. The fourth-order valence-corrected chi connectivity index (χ4v) is 1.67. The number of H-pyrrole nitrogens is 3. The van der Waals surface area contributed by atoms with Crippen LogP contribution in [0.1, 0.15) is 20.7 Å². The van der Waals surface area contributed by atoms with E-state index in [-0.39, 0.29) is 24.3 Å². The summed E-state index contributed by atoms with van der Waals surface area (Å²) in [5.41, 5.74) is -2.06. The number of aromatic nitrogens is 3. The first kappa shape index (κ1) is 21.1. The summed E-state index contributed by atoms with van der Waals surface area (Å²) in [6, 6.07) is 6.31. The molecule has 0 aliphatic rings. The normalized spacial score (nSPS) is 9.33. The Morgan fingerprint density at radius 3 is 1.41 bits per heavy atom. The average molecular weight is 375 g/mol. The number of aromatic amines is 3. The molecule has 0 fully saturated rings.